The van der Waals surface area contributed by atoms with Crippen molar-refractivity contribution in [2.75, 3.05) is 43.5 Å². The molecule has 0 unspecified atom stereocenters. The number of nitrogens with one attached hydrogen (secondary N) is 1. The van der Waals surface area contributed by atoms with Crippen molar-refractivity contribution in [3.63, 3.8) is 0 Å². The molecule has 8 nitrogen and oxygen atoms in total. The standard InChI is InChI=1S/C20H23ClN4O4/c1-14(20(26)22-18-13-17(25(27)28)6-7-19(18)29-2)23-8-10-24(11-9-23)16-5-3-4-15(21)12-16/h3-7,12-14H,8-11H2,1-2H3,(H,22,26)/t14-/m1/s1. The van der Waals surface area contributed by atoms with Gasteiger partial charge in [0, 0.05) is 49.0 Å². The van der Waals surface area contributed by atoms with Crippen LogP contribution in [0.4, 0.5) is 17.1 Å². The number of anilines is 2. The van der Waals surface area contributed by atoms with Gasteiger partial charge in [-0.05, 0) is 31.2 Å². The summed E-state index contributed by atoms with van der Waals surface area (Å²) in [6, 6.07) is 11.5. The third-order valence-electron chi connectivity index (χ3n) is 5.07. The van der Waals surface area contributed by atoms with Gasteiger partial charge in [0.2, 0.25) is 5.91 Å². The maximum absolute atomic E-state index is 12.7. The second-order valence-electron chi connectivity index (χ2n) is 6.81. The normalized spacial score (nSPS) is 15.6. The molecule has 2 aromatic carbocycles. The molecule has 0 radical (unpaired) electrons. The Morgan fingerprint density at radius 1 is 1.21 bits per heavy atom. The van der Waals surface area contributed by atoms with Crippen LogP contribution in [0.3, 0.4) is 0 Å². The zero-order valence-electron chi connectivity index (χ0n) is 16.3. The van der Waals surface area contributed by atoms with Crippen LogP contribution in [0.1, 0.15) is 6.92 Å². The first-order valence-electron chi connectivity index (χ1n) is 9.27. The van der Waals surface area contributed by atoms with Gasteiger partial charge in [0.15, 0.2) is 0 Å². The second-order valence-corrected chi connectivity index (χ2v) is 7.25. The van der Waals surface area contributed by atoms with Crippen molar-refractivity contribution in [2.24, 2.45) is 0 Å². The highest BCUT2D eigenvalue weighted by atomic mass is 35.5. The number of hydrogen-bond donors (Lipinski definition) is 1. The molecule has 1 aliphatic rings. The highest BCUT2D eigenvalue weighted by Crippen LogP contribution is 2.29. The van der Waals surface area contributed by atoms with Crippen LogP contribution in [-0.4, -0.2) is 55.1 Å². The number of benzene rings is 2. The number of ether oxygens (including phenoxy) is 1. The van der Waals surface area contributed by atoms with E-state index in [0.29, 0.717) is 23.9 Å². The van der Waals surface area contributed by atoms with E-state index in [9.17, 15) is 14.9 Å². The molecule has 29 heavy (non-hydrogen) atoms. The van der Waals surface area contributed by atoms with Crippen LogP contribution in [0.25, 0.3) is 0 Å². The van der Waals surface area contributed by atoms with E-state index in [2.05, 4.69) is 15.1 Å². The largest absolute Gasteiger partial charge is 0.495 e. The van der Waals surface area contributed by atoms with Gasteiger partial charge < -0.3 is 15.0 Å². The smallest absolute Gasteiger partial charge is 0.271 e. The number of non-ortho nitro benzene ring substituents is 1. The highest BCUT2D eigenvalue weighted by molar-refractivity contribution is 6.30. The van der Waals surface area contributed by atoms with Gasteiger partial charge in [0.05, 0.1) is 23.8 Å². The van der Waals surface area contributed by atoms with Gasteiger partial charge in [-0.3, -0.25) is 19.8 Å². The molecule has 3 rings (SSSR count). The Labute approximate surface area is 174 Å². The fourth-order valence-electron chi connectivity index (χ4n) is 3.35. The molecule has 1 saturated heterocycles. The molecular weight excluding hydrogens is 396 g/mol. The minimum atomic E-state index is -0.506. The van der Waals surface area contributed by atoms with Crippen molar-refractivity contribution in [1.29, 1.82) is 0 Å². The number of carbonyl (C=O) groups is 1. The number of hydrogen-bond acceptors (Lipinski definition) is 6. The third-order valence-corrected chi connectivity index (χ3v) is 5.30. The Morgan fingerprint density at radius 3 is 2.55 bits per heavy atom. The van der Waals surface area contributed by atoms with Crippen molar-refractivity contribution < 1.29 is 14.5 Å². The lowest BCUT2D eigenvalue weighted by Gasteiger charge is -2.38. The lowest BCUT2D eigenvalue weighted by molar-refractivity contribution is -0.384. The van der Waals surface area contributed by atoms with Crippen LogP contribution in [0, 0.1) is 10.1 Å². The summed E-state index contributed by atoms with van der Waals surface area (Å²) in [4.78, 5) is 27.6. The number of carbonyl (C=O) groups excluding carboxylic acids is 1. The van der Waals surface area contributed by atoms with Crippen LogP contribution in [0.15, 0.2) is 42.5 Å². The summed E-state index contributed by atoms with van der Waals surface area (Å²) in [6.45, 7) is 4.81. The Morgan fingerprint density at radius 2 is 1.93 bits per heavy atom. The topological polar surface area (TPSA) is 87.9 Å². The van der Waals surface area contributed by atoms with E-state index in [1.165, 1.54) is 25.3 Å². The van der Waals surface area contributed by atoms with E-state index >= 15 is 0 Å². The summed E-state index contributed by atoms with van der Waals surface area (Å²) >= 11 is 6.07. The summed E-state index contributed by atoms with van der Waals surface area (Å²) < 4.78 is 5.21. The first-order chi connectivity index (χ1) is 13.9. The number of nitro benzene ring substituents is 1. The maximum Gasteiger partial charge on any atom is 0.271 e. The van der Waals surface area contributed by atoms with Crippen molar-refractivity contribution in [3.8, 4) is 5.75 Å². The van der Waals surface area contributed by atoms with E-state index in [0.717, 1.165) is 18.8 Å². The minimum absolute atomic E-state index is 0.108. The number of amides is 1. The first-order valence-corrected chi connectivity index (χ1v) is 9.64. The average molecular weight is 419 g/mol. The Balaban J connectivity index is 1.63. The van der Waals surface area contributed by atoms with E-state index in [-0.39, 0.29) is 23.3 Å². The first kappa shape index (κ1) is 20.9. The van der Waals surface area contributed by atoms with Crippen molar-refractivity contribution in [1.82, 2.24) is 4.90 Å². The van der Waals surface area contributed by atoms with Gasteiger partial charge >= 0.3 is 0 Å². The van der Waals surface area contributed by atoms with E-state index in [4.69, 9.17) is 16.3 Å². The van der Waals surface area contributed by atoms with Gasteiger partial charge in [-0.25, -0.2) is 0 Å². The van der Waals surface area contributed by atoms with Crippen LogP contribution in [-0.2, 0) is 4.79 Å². The monoisotopic (exact) mass is 418 g/mol. The Bertz CT molecular complexity index is 900. The summed E-state index contributed by atoms with van der Waals surface area (Å²) in [6.07, 6.45) is 0. The molecule has 0 aromatic heterocycles. The molecule has 0 aliphatic carbocycles. The summed E-state index contributed by atoms with van der Waals surface area (Å²) in [5, 5.41) is 14.5. The molecule has 1 fully saturated rings. The number of nitro groups is 1. The van der Waals surface area contributed by atoms with Gasteiger partial charge in [0.1, 0.15) is 5.75 Å². The molecular formula is C20H23ClN4O4. The molecule has 0 bridgehead atoms. The quantitative estimate of drug-likeness (QED) is 0.571. The number of halogens is 1. The lowest BCUT2D eigenvalue weighted by atomic mass is 10.2. The molecule has 154 valence electrons. The lowest BCUT2D eigenvalue weighted by Crippen LogP contribution is -2.52. The van der Waals surface area contributed by atoms with Crippen LogP contribution >= 0.6 is 11.6 Å². The van der Waals surface area contributed by atoms with Crippen molar-refractivity contribution in [3.05, 3.63) is 57.6 Å². The van der Waals surface area contributed by atoms with Gasteiger partial charge in [-0.15, -0.1) is 0 Å². The van der Waals surface area contributed by atoms with Crippen LogP contribution in [0.5, 0.6) is 5.75 Å². The van der Waals surface area contributed by atoms with E-state index in [1.54, 1.807) is 0 Å². The molecule has 0 saturated carbocycles. The molecule has 9 heteroatoms. The fourth-order valence-corrected chi connectivity index (χ4v) is 3.53. The number of rotatable bonds is 6. The number of piperazine rings is 1. The molecule has 1 amide bonds. The zero-order chi connectivity index (χ0) is 21.0. The van der Waals surface area contributed by atoms with Crippen molar-refractivity contribution in [2.45, 2.75) is 13.0 Å². The summed E-state index contributed by atoms with van der Waals surface area (Å²) in [7, 11) is 1.45. The molecule has 1 heterocycles. The zero-order valence-corrected chi connectivity index (χ0v) is 17.1. The van der Waals surface area contributed by atoms with E-state index in [1.807, 2.05) is 31.2 Å². The fraction of sp³-hybridized carbons (Fsp3) is 0.350. The third kappa shape index (κ3) is 4.96. The SMILES string of the molecule is COc1ccc([N+](=O)[O-])cc1NC(=O)[C@@H](C)N1CCN(c2cccc(Cl)c2)CC1. The highest BCUT2D eigenvalue weighted by Gasteiger charge is 2.26. The summed E-state index contributed by atoms with van der Waals surface area (Å²) in [5.74, 6) is 0.141. The van der Waals surface area contributed by atoms with Gasteiger partial charge in [-0.2, -0.15) is 0 Å². The van der Waals surface area contributed by atoms with Crippen LogP contribution in [0.2, 0.25) is 5.02 Å². The number of methoxy groups -OCH3 is 1. The minimum Gasteiger partial charge on any atom is -0.495 e. The van der Waals surface area contributed by atoms with Gasteiger partial charge in [-0.1, -0.05) is 17.7 Å². The predicted octanol–water partition coefficient (Wildman–Crippen LogP) is 3.41. The molecule has 1 N–H and O–H groups in total. The van der Waals surface area contributed by atoms with Gasteiger partial charge in [0.25, 0.3) is 5.69 Å². The second kappa shape index (κ2) is 9.11. The molecule has 1 aliphatic heterocycles. The molecule has 1 atom stereocenters. The van der Waals surface area contributed by atoms with Crippen LogP contribution < -0.4 is 15.0 Å². The molecule has 2 aromatic rings. The Kier molecular flexibility index (Phi) is 6.56. The summed E-state index contributed by atoms with van der Waals surface area (Å²) in [5.41, 5.74) is 1.25. The maximum atomic E-state index is 12.7. The average Bonchev–Trinajstić information content (AvgIpc) is 2.73. The predicted molar refractivity (Wildman–Crippen MR) is 113 cm³/mol. The number of nitrogens with zero attached hydrogens (tertiary/aromatic N) is 3. The molecule has 0 spiro atoms. The van der Waals surface area contributed by atoms with E-state index < -0.39 is 4.92 Å². The Hall–Kier alpha value is -2.84. The van der Waals surface area contributed by atoms with Crippen molar-refractivity contribution >= 4 is 34.6 Å².